The Labute approximate surface area is 159 Å². The summed E-state index contributed by atoms with van der Waals surface area (Å²) in [5, 5.41) is 2.43. The van der Waals surface area contributed by atoms with Crippen LogP contribution in [0.3, 0.4) is 0 Å². The van der Waals surface area contributed by atoms with E-state index in [2.05, 4.69) is 66.2 Å². The van der Waals surface area contributed by atoms with Gasteiger partial charge in [0.25, 0.3) is 0 Å². The van der Waals surface area contributed by atoms with Gasteiger partial charge in [-0.1, -0.05) is 95.0 Å². The van der Waals surface area contributed by atoms with Crippen LogP contribution in [0.1, 0.15) is 76.7 Å². The average Bonchev–Trinajstić information content (AvgIpc) is 2.67. The highest BCUT2D eigenvalue weighted by atomic mass is 14.8. The highest BCUT2D eigenvalue weighted by Crippen LogP contribution is 2.27. The molecule has 0 fully saturated rings. The summed E-state index contributed by atoms with van der Waals surface area (Å²) in [6.45, 7) is 5.25. The second-order valence-electron chi connectivity index (χ2n) is 7.22. The van der Waals surface area contributed by atoms with E-state index in [9.17, 15) is 0 Å². The lowest BCUT2D eigenvalue weighted by molar-refractivity contribution is 0.558. The number of benzene rings is 2. The molecule has 2 heteroatoms. The van der Waals surface area contributed by atoms with Gasteiger partial charge in [0.05, 0.1) is 11.7 Å². The second-order valence-corrected chi connectivity index (χ2v) is 7.22. The Morgan fingerprint density at radius 2 is 1.35 bits per heavy atom. The molecule has 0 amide bonds. The van der Waals surface area contributed by atoms with Crippen molar-refractivity contribution in [1.29, 1.82) is 0 Å². The van der Waals surface area contributed by atoms with Gasteiger partial charge in [-0.2, -0.15) is 4.99 Å². The van der Waals surface area contributed by atoms with E-state index in [4.69, 9.17) is 0 Å². The van der Waals surface area contributed by atoms with Gasteiger partial charge in [0.1, 0.15) is 0 Å². The van der Waals surface area contributed by atoms with Crippen molar-refractivity contribution in [2.75, 3.05) is 6.54 Å². The van der Waals surface area contributed by atoms with E-state index in [1.807, 2.05) is 0 Å². The molecule has 0 radical (unpaired) electrons. The largest absolute Gasteiger partial charge is 0.225 e. The van der Waals surface area contributed by atoms with E-state index < -0.39 is 0 Å². The molecule has 0 aliphatic heterocycles. The highest BCUT2D eigenvalue weighted by Gasteiger charge is 2.00. The number of nitrogens with zero attached hydrogens (tertiary/aromatic N) is 2. The van der Waals surface area contributed by atoms with E-state index in [0.29, 0.717) is 0 Å². The summed E-state index contributed by atoms with van der Waals surface area (Å²) in [6, 6.07) is 15.5. The third-order valence-corrected chi connectivity index (χ3v) is 4.98. The van der Waals surface area contributed by atoms with Crippen molar-refractivity contribution in [3.05, 3.63) is 42.0 Å². The molecule has 2 aromatic rings. The summed E-state index contributed by atoms with van der Waals surface area (Å²) in [7, 11) is 0. The lowest BCUT2D eigenvalue weighted by Gasteiger charge is -2.03. The topological polar surface area (TPSA) is 24.7 Å². The highest BCUT2D eigenvalue weighted by molar-refractivity contribution is 5.95. The maximum absolute atomic E-state index is 4.44. The summed E-state index contributed by atoms with van der Waals surface area (Å²) in [6.07, 6.45) is 13.5. The van der Waals surface area contributed by atoms with E-state index in [1.54, 1.807) is 0 Å². The number of hydrogen-bond donors (Lipinski definition) is 0. The van der Waals surface area contributed by atoms with Crippen LogP contribution in [0.5, 0.6) is 0 Å². The van der Waals surface area contributed by atoms with Crippen molar-refractivity contribution in [2.45, 2.75) is 78.1 Å². The molecular formula is C24H34N2. The zero-order valence-electron chi connectivity index (χ0n) is 16.6. The first kappa shape index (κ1) is 20.4. The first-order valence-corrected chi connectivity index (χ1v) is 10.4. The Balaban J connectivity index is 1.64. The Kier molecular flexibility index (Phi) is 9.75. The van der Waals surface area contributed by atoms with Gasteiger partial charge >= 0.3 is 0 Å². The molecule has 0 saturated carbocycles. The summed E-state index contributed by atoms with van der Waals surface area (Å²) in [5.74, 6) is 0. The number of aliphatic imine (C=N–C) groups is 2. The normalized spacial score (nSPS) is 10.7. The Morgan fingerprint density at radius 3 is 2.04 bits per heavy atom. The molecule has 2 nitrogen and oxygen atoms in total. The van der Waals surface area contributed by atoms with Gasteiger partial charge in [0.2, 0.25) is 0 Å². The van der Waals surface area contributed by atoms with Crippen molar-refractivity contribution in [3.8, 4) is 0 Å². The fourth-order valence-electron chi connectivity index (χ4n) is 3.35. The molecule has 0 atom stereocenters. The third kappa shape index (κ3) is 7.14. The van der Waals surface area contributed by atoms with Crippen molar-refractivity contribution >= 4 is 22.5 Å². The molecule has 2 rings (SSSR count). The van der Waals surface area contributed by atoms with Crippen molar-refractivity contribution < 1.29 is 0 Å². The van der Waals surface area contributed by atoms with Gasteiger partial charge in [0.15, 0.2) is 0 Å². The molecular weight excluding hydrogens is 316 g/mol. The van der Waals surface area contributed by atoms with Crippen LogP contribution >= 0.6 is 0 Å². The molecule has 0 unspecified atom stereocenters. The van der Waals surface area contributed by atoms with Crippen LogP contribution in [-0.2, 0) is 0 Å². The summed E-state index contributed by atoms with van der Waals surface area (Å²) < 4.78 is 0. The van der Waals surface area contributed by atoms with Gasteiger partial charge < -0.3 is 0 Å². The van der Waals surface area contributed by atoms with Gasteiger partial charge in [-0.25, -0.2) is 4.99 Å². The molecule has 0 saturated heterocycles. The summed E-state index contributed by atoms with van der Waals surface area (Å²) in [4.78, 5) is 8.79. The van der Waals surface area contributed by atoms with Gasteiger partial charge in [-0.15, -0.1) is 0 Å². The van der Waals surface area contributed by atoms with E-state index in [-0.39, 0.29) is 0 Å². The molecule has 0 aliphatic rings. The predicted octanol–water partition coefficient (Wildman–Crippen LogP) is 7.87. The standard InChI is InChI=1S/C24H34N2/c1-3-4-5-6-7-8-9-10-11-14-19-25-20-26-24-18-17-21(2)22-15-12-13-16-23(22)24/h12-13,15-18H,3-11,14,19H2,1-2H3. The molecule has 0 heterocycles. The minimum atomic E-state index is 0.837. The van der Waals surface area contributed by atoms with E-state index >= 15 is 0 Å². The molecule has 140 valence electrons. The van der Waals surface area contributed by atoms with E-state index in [0.717, 1.165) is 18.7 Å². The number of aryl methyl sites for hydroxylation is 1. The van der Waals surface area contributed by atoms with Gasteiger partial charge in [0, 0.05) is 11.9 Å². The number of fused-ring (bicyclic) bond motifs is 1. The molecule has 26 heavy (non-hydrogen) atoms. The maximum atomic E-state index is 4.44. The quantitative estimate of drug-likeness (QED) is 0.275. The predicted molar refractivity (Wildman–Crippen MR) is 115 cm³/mol. The van der Waals surface area contributed by atoms with Crippen molar-refractivity contribution in [3.63, 3.8) is 0 Å². The second kappa shape index (κ2) is 12.4. The van der Waals surface area contributed by atoms with Crippen LogP contribution in [-0.4, -0.2) is 12.6 Å². The minimum Gasteiger partial charge on any atom is -0.225 e. The van der Waals surface area contributed by atoms with Gasteiger partial charge in [-0.3, -0.25) is 0 Å². The third-order valence-electron chi connectivity index (χ3n) is 4.98. The molecule has 0 bridgehead atoms. The van der Waals surface area contributed by atoms with E-state index in [1.165, 1.54) is 74.1 Å². The Morgan fingerprint density at radius 1 is 0.731 bits per heavy atom. The first-order chi connectivity index (χ1) is 12.8. The van der Waals surface area contributed by atoms with Crippen LogP contribution in [0.4, 0.5) is 5.69 Å². The van der Waals surface area contributed by atoms with Crippen LogP contribution in [0.25, 0.3) is 10.8 Å². The molecule has 2 aromatic carbocycles. The average molecular weight is 351 g/mol. The number of hydrogen-bond acceptors (Lipinski definition) is 2. The summed E-state index contributed by atoms with van der Waals surface area (Å²) >= 11 is 0. The molecule has 0 N–H and O–H groups in total. The van der Waals surface area contributed by atoms with Crippen LogP contribution in [0.2, 0.25) is 0 Å². The molecule has 0 spiro atoms. The number of unbranched alkanes of at least 4 members (excludes halogenated alkanes) is 9. The Hall–Kier alpha value is -1.92. The zero-order valence-corrected chi connectivity index (χ0v) is 16.6. The zero-order chi connectivity index (χ0) is 18.5. The fraction of sp³-hybridized carbons (Fsp3) is 0.542. The molecule has 0 aromatic heterocycles. The van der Waals surface area contributed by atoms with Crippen molar-refractivity contribution in [2.24, 2.45) is 9.98 Å². The van der Waals surface area contributed by atoms with Crippen LogP contribution < -0.4 is 0 Å². The summed E-state index contributed by atoms with van der Waals surface area (Å²) in [5.41, 5.74) is 2.24. The minimum absolute atomic E-state index is 0.837. The first-order valence-electron chi connectivity index (χ1n) is 10.4. The lowest BCUT2D eigenvalue weighted by Crippen LogP contribution is -1.84. The monoisotopic (exact) mass is 350 g/mol. The van der Waals surface area contributed by atoms with Crippen LogP contribution in [0, 0.1) is 6.92 Å². The lowest BCUT2D eigenvalue weighted by atomic mass is 10.0. The van der Waals surface area contributed by atoms with Crippen molar-refractivity contribution in [1.82, 2.24) is 0 Å². The van der Waals surface area contributed by atoms with Crippen LogP contribution in [0.15, 0.2) is 46.4 Å². The maximum Gasteiger partial charge on any atom is 0.0949 e. The smallest absolute Gasteiger partial charge is 0.0949 e. The Bertz CT molecular complexity index is 711. The number of rotatable bonds is 12. The van der Waals surface area contributed by atoms with Gasteiger partial charge in [-0.05, 0) is 30.4 Å². The molecule has 0 aliphatic carbocycles. The SMILES string of the molecule is CCCCCCCCCCCCN=C=Nc1ccc(C)c2ccccc12. The fourth-order valence-corrected chi connectivity index (χ4v) is 3.35.